The van der Waals surface area contributed by atoms with E-state index >= 15 is 0 Å². The largest absolute Gasteiger partial charge is 0.356 e. The smallest absolute Gasteiger partial charge is 0.252 e. The van der Waals surface area contributed by atoms with Crippen LogP contribution in [0.15, 0.2) is 29.2 Å². The Hall–Kier alpha value is -1.49. The van der Waals surface area contributed by atoms with E-state index < -0.39 is 0 Å². The molecule has 1 aromatic carbocycles. The Morgan fingerprint density at radius 1 is 1.24 bits per heavy atom. The fourth-order valence-corrected chi connectivity index (χ4v) is 1.60. The van der Waals surface area contributed by atoms with Gasteiger partial charge in [-0.3, -0.25) is 9.59 Å². The van der Waals surface area contributed by atoms with E-state index in [-0.39, 0.29) is 18.2 Å². The highest BCUT2D eigenvalue weighted by Crippen LogP contribution is 2.12. The molecule has 0 bridgehead atoms. The summed E-state index contributed by atoms with van der Waals surface area (Å²) in [6, 6.07) is 7.04. The topological polar surface area (TPSA) is 58.2 Å². The molecule has 0 aromatic heterocycles. The number of amides is 2. The molecule has 0 fully saturated rings. The lowest BCUT2D eigenvalue weighted by atomic mass is 10.2. The maximum absolute atomic E-state index is 11.7. The van der Waals surface area contributed by atoms with Crippen LogP contribution >= 0.6 is 12.6 Å². The lowest BCUT2D eigenvalue weighted by Crippen LogP contribution is -2.30. The zero-order valence-corrected chi connectivity index (χ0v) is 10.6. The summed E-state index contributed by atoms with van der Waals surface area (Å²) in [5.41, 5.74) is 0.520. The van der Waals surface area contributed by atoms with Crippen LogP contribution in [0.3, 0.4) is 0 Å². The van der Waals surface area contributed by atoms with E-state index in [1.165, 1.54) is 0 Å². The lowest BCUT2D eigenvalue weighted by molar-refractivity contribution is -0.120. The summed E-state index contributed by atoms with van der Waals surface area (Å²) in [5.74, 6) is -0.271. The van der Waals surface area contributed by atoms with Crippen molar-refractivity contribution in [2.45, 2.75) is 18.2 Å². The van der Waals surface area contributed by atoms with Crippen molar-refractivity contribution in [1.29, 1.82) is 0 Å². The van der Waals surface area contributed by atoms with Crippen LogP contribution in [-0.2, 0) is 4.79 Å². The summed E-state index contributed by atoms with van der Waals surface area (Å²) >= 11 is 4.19. The molecule has 0 saturated heterocycles. The lowest BCUT2D eigenvalue weighted by Gasteiger charge is -2.06. The van der Waals surface area contributed by atoms with Crippen molar-refractivity contribution in [3.05, 3.63) is 29.8 Å². The molecule has 0 saturated carbocycles. The van der Waals surface area contributed by atoms with Crippen LogP contribution in [0.2, 0.25) is 0 Å². The third-order valence-corrected chi connectivity index (χ3v) is 2.55. The van der Waals surface area contributed by atoms with E-state index in [1.54, 1.807) is 18.2 Å². The molecule has 0 heterocycles. The van der Waals surface area contributed by atoms with Crippen molar-refractivity contribution in [1.82, 2.24) is 10.6 Å². The molecule has 5 heteroatoms. The van der Waals surface area contributed by atoms with Crippen molar-refractivity contribution < 1.29 is 9.59 Å². The fraction of sp³-hybridized carbons (Fsp3) is 0.333. The van der Waals surface area contributed by atoms with Crippen LogP contribution in [0, 0.1) is 0 Å². The van der Waals surface area contributed by atoms with Gasteiger partial charge >= 0.3 is 0 Å². The first kappa shape index (κ1) is 13.6. The number of rotatable bonds is 5. The third kappa shape index (κ3) is 4.48. The molecule has 0 spiro atoms. The second-order valence-electron chi connectivity index (χ2n) is 3.48. The normalized spacial score (nSPS) is 9.76. The number of carbonyl (C=O) groups excluding carboxylic acids is 2. The Morgan fingerprint density at radius 2 is 1.94 bits per heavy atom. The van der Waals surface area contributed by atoms with Crippen LogP contribution in [0.5, 0.6) is 0 Å². The monoisotopic (exact) mass is 252 g/mol. The van der Waals surface area contributed by atoms with Crippen molar-refractivity contribution in [2.75, 3.05) is 13.1 Å². The van der Waals surface area contributed by atoms with Crippen LogP contribution in [0.25, 0.3) is 0 Å². The van der Waals surface area contributed by atoms with Gasteiger partial charge in [0.15, 0.2) is 0 Å². The predicted molar refractivity (Wildman–Crippen MR) is 69.3 cm³/mol. The molecular formula is C12H16N2O2S. The maximum atomic E-state index is 11.7. The van der Waals surface area contributed by atoms with E-state index in [1.807, 2.05) is 13.0 Å². The van der Waals surface area contributed by atoms with Crippen LogP contribution in [0.1, 0.15) is 23.7 Å². The Bertz CT molecular complexity index is 407. The summed E-state index contributed by atoms with van der Waals surface area (Å²) < 4.78 is 0. The molecule has 2 amide bonds. The van der Waals surface area contributed by atoms with Gasteiger partial charge in [-0.25, -0.2) is 0 Å². The van der Waals surface area contributed by atoms with Gasteiger partial charge in [0, 0.05) is 24.4 Å². The molecule has 0 unspecified atom stereocenters. The minimum Gasteiger partial charge on any atom is -0.356 e. The number of hydrogen-bond donors (Lipinski definition) is 3. The van der Waals surface area contributed by atoms with E-state index in [0.29, 0.717) is 23.5 Å². The maximum Gasteiger partial charge on any atom is 0.252 e. The predicted octanol–water partition coefficient (Wildman–Crippen LogP) is 1.23. The van der Waals surface area contributed by atoms with Crippen molar-refractivity contribution in [2.24, 2.45) is 0 Å². The number of hydrogen-bond acceptors (Lipinski definition) is 3. The molecule has 1 aromatic rings. The summed E-state index contributed by atoms with van der Waals surface area (Å²) in [6.07, 6.45) is 0.286. The van der Waals surface area contributed by atoms with Crippen LogP contribution in [0.4, 0.5) is 0 Å². The minimum atomic E-state index is -0.208. The average Bonchev–Trinajstić information content (AvgIpc) is 2.29. The highest BCUT2D eigenvalue weighted by atomic mass is 32.1. The van der Waals surface area contributed by atoms with Gasteiger partial charge in [0.25, 0.3) is 5.91 Å². The van der Waals surface area contributed by atoms with Gasteiger partial charge in [-0.15, -0.1) is 12.6 Å². The summed E-state index contributed by atoms with van der Waals surface area (Å²) in [4.78, 5) is 23.5. The second-order valence-corrected chi connectivity index (χ2v) is 3.96. The highest BCUT2D eigenvalue weighted by molar-refractivity contribution is 7.80. The van der Waals surface area contributed by atoms with Gasteiger partial charge in [0.2, 0.25) is 5.91 Å². The zero-order chi connectivity index (χ0) is 12.7. The molecule has 92 valence electrons. The quantitative estimate of drug-likeness (QED) is 0.690. The Labute approximate surface area is 106 Å². The highest BCUT2D eigenvalue weighted by Gasteiger charge is 2.08. The minimum absolute atomic E-state index is 0.0630. The van der Waals surface area contributed by atoms with E-state index in [9.17, 15) is 9.59 Å². The van der Waals surface area contributed by atoms with Crippen LogP contribution < -0.4 is 10.6 Å². The number of nitrogens with one attached hydrogen (secondary N) is 2. The van der Waals surface area contributed by atoms with Gasteiger partial charge in [0.1, 0.15) is 0 Å². The van der Waals surface area contributed by atoms with Gasteiger partial charge in [-0.2, -0.15) is 0 Å². The van der Waals surface area contributed by atoms with E-state index in [0.717, 1.165) is 0 Å². The molecular weight excluding hydrogens is 236 g/mol. The molecule has 1 rings (SSSR count). The van der Waals surface area contributed by atoms with Crippen LogP contribution in [-0.4, -0.2) is 24.9 Å². The summed E-state index contributed by atoms with van der Waals surface area (Å²) in [6.45, 7) is 2.78. The zero-order valence-electron chi connectivity index (χ0n) is 9.69. The van der Waals surface area contributed by atoms with Crippen molar-refractivity contribution in [3.63, 3.8) is 0 Å². The SMILES string of the molecule is CCNC(=O)CCNC(=O)c1ccccc1S. The van der Waals surface area contributed by atoms with Gasteiger partial charge in [-0.05, 0) is 19.1 Å². The molecule has 0 atom stereocenters. The van der Waals surface area contributed by atoms with E-state index in [2.05, 4.69) is 23.3 Å². The molecule has 0 radical (unpaired) electrons. The first-order chi connectivity index (χ1) is 8.15. The fourth-order valence-electron chi connectivity index (χ4n) is 1.34. The second kappa shape index (κ2) is 6.96. The van der Waals surface area contributed by atoms with Gasteiger partial charge < -0.3 is 10.6 Å². The van der Waals surface area contributed by atoms with E-state index in [4.69, 9.17) is 0 Å². The molecule has 0 aliphatic carbocycles. The summed E-state index contributed by atoms with van der Waals surface area (Å²) in [5, 5.41) is 5.35. The number of benzene rings is 1. The van der Waals surface area contributed by atoms with Crippen molar-refractivity contribution >= 4 is 24.4 Å². The summed E-state index contributed by atoms with van der Waals surface area (Å²) in [7, 11) is 0. The number of thiol groups is 1. The molecule has 0 aliphatic heterocycles. The Morgan fingerprint density at radius 3 is 2.59 bits per heavy atom. The van der Waals surface area contributed by atoms with Crippen molar-refractivity contribution in [3.8, 4) is 0 Å². The molecule has 17 heavy (non-hydrogen) atoms. The Kier molecular flexibility index (Phi) is 5.56. The molecule has 4 nitrogen and oxygen atoms in total. The van der Waals surface area contributed by atoms with Gasteiger partial charge in [-0.1, -0.05) is 12.1 Å². The average molecular weight is 252 g/mol. The first-order valence-electron chi connectivity index (χ1n) is 5.48. The third-order valence-electron chi connectivity index (χ3n) is 2.16. The Balaban J connectivity index is 2.41. The first-order valence-corrected chi connectivity index (χ1v) is 5.92. The number of carbonyl (C=O) groups is 2. The molecule has 2 N–H and O–H groups in total. The standard InChI is InChI=1S/C12H16N2O2S/c1-2-13-11(15)7-8-14-12(16)9-5-3-4-6-10(9)17/h3-6,17H,2,7-8H2,1H3,(H,13,15)(H,14,16). The van der Waals surface area contributed by atoms with Gasteiger partial charge in [0.05, 0.1) is 5.56 Å². The molecule has 0 aliphatic rings.